The van der Waals surface area contributed by atoms with Crippen molar-refractivity contribution in [3.8, 4) is 11.4 Å². The van der Waals surface area contributed by atoms with Gasteiger partial charge in [-0.15, -0.1) is 11.3 Å². The van der Waals surface area contributed by atoms with E-state index in [1.165, 1.54) is 16.6 Å². The third kappa shape index (κ3) is 4.83. The van der Waals surface area contributed by atoms with Crippen molar-refractivity contribution >= 4 is 56.5 Å². The van der Waals surface area contributed by atoms with Crippen molar-refractivity contribution in [2.24, 2.45) is 5.92 Å². The molecule has 0 spiro atoms. The highest BCUT2D eigenvalue weighted by molar-refractivity contribution is 7.99. The molecule has 1 aliphatic carbocycles. The van der Waals surface area contributed by atoms with Crippen LogP contribution in [0.2, 0.25) is 5.02 Å². The van der Waals surface area contributed by atoms with Gasteiger partial charge in [-0.1, -0.05) is 42.4 Å². The monoisotopic (exact) mass is 525 g/mol. The molecular formula is C26H24ClN3O3S2. The molecule has 0 saturated carbocycles. The van der Waals surface area contributed by atoms with Gasteiger partial charge < -0.3 is 10.1 Å². The number of para-hydroxylation sites is 1. The molecule has 0 radical (unpaired) electrons. The van der Waals surface area contributed by atoms with Gasteiger partial charge in [0.15, 0.2) is 5.16 Å². The minimum absolute atomic E-state index is 0.0848. The number of benzene rings is 2. The molecule has 1 N–H and O–H groups in total. The Bertz CT molecular complexity index is 1460. The number of carbonyl (C=O) groups is 1. The summed E-state index contributed by atoms with van der Waals surface area (Å²) >= 11 is 9.01. The largest absolute Gasteiger partial charge is 0.497 e. The van der Waals surface area contributed by atoms with Gasteiger partial charge in [-0.25, -0.2) is 4.98 Å². The van der Waals surface area contributed by atoms with Crippen LogP contribution < -0.4 is 15.6 Å². The number of hydrogen-bond donors (Lipinski definition) is 1. The zero-order valence-electron chi connectivity index (χ0n) is 19.3. The lowest BCUT2D eigenvalue weighted by Gasteiger charge is -2.18. The fourth-order valence-corrected chi connectivity index (χ4v) is 6.73. The SMILES string of the molecule is COc1ccc(-n2c(SCC(=O)Nc3ccccc3Cl)nc3sc4c(c3c2=O)CCC(C)C4)cc1. The van der Waals surface area contributed by atoms with E-state index in [-0.39, 0.29) is 17.2 Å². The summed E-state index contributed by atoms with van der Waals surface area (Å²) in [7, 11) is 1.60. The lowest BCUT2D eigenvalue weighted by Crippen LogP contribution is -2.23. The van der Waals surface area contributed by atoms with Gasteiger partial charge in [0, 0.05) is 4.88 Å². The second-order valence-electron chi connectivity index (χ2n) is 8.58. The van der Waals surface area contributed by atoms with E-state index in [2.05, 4.69) is 12.2 Å². The van der Waals surface area contributed by atoms with Crippen LogP contribution in [0.15, 0.2) is 58.5 Å². The number of aromatic nitrogens is 2. The number of fused-ring (bicyclic) bond motifs is 3. The summed E-state index contributed by atoms with van der Waals surface area (Å²) < 4.78 is 6.89. The molecule has 1 unspecified atom stereocenters. The Hall–Kier alpha value is -2.81. The maximum atomic E-state index is 13.9. The topological polar surface area (TPSA) is 73.2 Å². The van der Waals surface area contributed by atoms with E-state index < -0.39 is 0 Å². The van der Waals surface area contributed by atoms with Crippen LogP contribution in [0.25, 0.3) is 15.9 Å². The van der Waals surface area contributed by atoms with E-state index in [1.807, 2.05) is 30.3 Å². The number of halogens is 1. The lowest BCUT2D eigenvalue weighted by molar-refractivity contribution is -0.113. The third-order valence-electron chi connectivity index (χ3n) is 6.11. The van der Waals surface area contributed by atoms with Crippen molar-refractivity contribution < 1.29 is 9.53 Å². The molecule has 2 aromatic heterocycles. The fraction of sp³-hybridized carbons (Fsp3) is 0.269. The summed E-state index contributed by atoms with van der Waals surface area (Å²) in [5.41, 5.74) is 2.27. The normalized spacial score (nSPS) is 15.1. The molecule has 4 aromatic rings. The lowest BCUT2D eigenvalue weighted by atomic mass is 9.89. The van der Waals surface area contributed by atoms with Crippen LogP contribution in [-0.4, -0.2) is 28.3 Å². The Morgan fingerprint density at radius 2 is 2.03 bits per heavy atom. The highest BCUT2D eigenvalue weighted by Crippen LogP contribution is 2.37. The molecule has 6 nitrogen and oxygen atoms in total. The number of carbonyl (C=O) groups excluding carboxylic acids is 1. The number of thiophene rings is 1. The quantitative estimate of drug-likeness (QED) is 0.248. The van der Waals surface area contributed by atoms with Crippen LogP contribution in [0.3, 0.4) is 0 Å². The van der Waals surface area contributed by atoms with E-state index in [4.69, 9.17) is 21.3 Å². The van der Waals surface area contributed by atoms with Crippen molar-refractivity contribution in [2.75, 3.05) is 18.2 Å². The van der Waals surface area contributed by atoms with Gasteiger partial charge in [-0.3, -0.25) is 14.2 Å². The molecule has 2 aromatic carbocycles. The standard InChI is InChI=1S/C26H24ClN3O3S2/c1-15-7-12-18-21(13-15)35-24-23(18)25(32)30(16-8-10-17(33-2)11-9-16)26(29-24)34-14-22(31)28-20-6-4-3-5-19(20)27/h3-6,8-11,15H,7,12-14H2,1-2H3,(H,28,31). The van der Waals surface area contributed by atoms with E-state index in [1.54, 1.807) is 41.2 Å². The number of nitrogens with one attached hydrogen (secondary N) is 1. The minimum atomic E-state index is -0.224. The number of amides is 1. The van der Waals surface area contributed by atoms with Gasteiger partial charge in [0.1, 0.15) is 10.6 Å². The number of rotatable bonds is 6. The highest BCUT2D eigenvalue weighted by Gasteiger charge is 2.25. The second kappa shape index (κ2) is 10.0. The van der Waals surface area contributed by atoms with Crippen LogP contribution in [0, 0.1) is 5.92 Å². The number of hydrogen-bond acceptors (Lipinski definition) is 6. The molecule has 1 amide bonds. The van der Waals surface area contributed by atoms with Gasteiger partial charge >= 0.3 is 0 Å². The second-order valence-corrected chi connectivity index (χ2v) is 11.0. The Kier molecular flexibility index (Phi) is 6.86. The van der Waals surface area contributed by atoms with Crippen molar-refractivity contribution in [1.82, 2.24) is 9.55 Å². The van der Waals surface area contributed by atoms with Crippen LogP contribution in [0.1, 0.15) is 23.8 Å². The molecule has 0 bridgehead atoms. The predicted molar refractivity (Wildman–Crippen MR) is 144 cm³/mol. The number of methoxy groups -OCH3 is 1. The molecule has 9 heteroatoms. The van der Waals surface area contributed by atoms with Crippen LogP contribution in [0.4, 0.5) is 5.69 Å². The van der Waals surface area contributed by atoms with E-state index in [9.17, 15) is 9.59 Å². The zero-order valence-corrected chi connectivity index (χ0v) is 21.7. The van der Waals surface area contributed by atoms with Gasteiger partial charge in [0.25, 0.3) is 5.56 Å². The van der Waals surface area contributed by atoms with Crippen LogP contribution in [-0.2, 0) is 17.6 Å². The summed E-state index contributed by atoms with van der Waals surface area (Å²) in [5.74, 6) is 1.16. The van der Waals surface area contributed by atoms with Crippen molar-refractivity contribution in [3.05, 3.63) is 74.3 Å². The molecule has 180 valence electrons. The maximum absolute atomic E-state index is 13.9. The maximum Gasteiger partial charge on any atom is 0.267 e. The van der Waals surface area contributed by atoms with Gasteiger partial charge in [-0.05, 0) is 67.1 Å². The summed E-state index contributed by atoms with van der Waals surface area (Å²) in [6.45, 7) is 2.25. The number of thioether (sulfide) groups is 1. The summed E-state index contributed by atoms with van der Waals surface area (Å²) in [6.07, 6.45) is 2.93. The first kappa shape index (κ1) is 23.9. The van der Waals surface area contributed by atoms with Gasteiger partial charge in [0.2, 0.25) is 5.91 Å². The molecule has 0 fully saturated rings. The Labute approximate surface area is 216 Å². The summed E-state index contributed by atoms with van der Waals surface area (Å²) in [4.78, 5) is 33.4. The Morgan fingerprint density at radius 3 is 2.77 bits per heavy atom. The number of ether oxygens (including phenoxy) is 1. The van der Waals surface area contributed by atoms with Crippen molar-refractivity contribution in [3.63, 3.8) is 0 Å². The molecule has 0 saturated heterocycles. The van der Waals surface area contributed by atoms with Crippen molar-refractivity contribution in [2.45, 2.75) is 31.3 Å². The Morgan fingerprint density at radius 1 is 1.26 bits per heavy atom. The number of nitrogens with zero attached hydrogens (tertiary/aromatic N) is 2. The van der Waals surface area contributed by atoms with E-state index >= 15 is 0 Å². The zero-order chi connectivity index (χ0) is 24.5. The van der Waals surface area contributed by atoms with Gasteiger partial charge in [0.05, 0.1) is 34.6 Å². The first-order valence-electron chi connectivity index (χ1n) is 11.3. The summed E-state index contributed by atoms with van der Waals surface area (Å²) in [6, 6.07) is 14.4. The molecular weight excluding hydrogens is 502 g/mol. The third-order valence-corrected chi connectivity index (χ3v) is 8.53. The van der Waals surface area contributed by atoms with Crippen molar-refractivity contribution in [1.29, 1.82) is 0 Å². The molecule has 2 heterocycles. The Balaban J connectivity index is 1.54. The van der Waals surface area contributed by atoms with E-state index in [0.717, 1.165) is 29.7 Å². The number of anilines is 1. The first-order valence-corrected chi connectivity index (χ1v) is 13.5. The molecule has 5 rings (SSSR count). The van der Waals surface area contributed by atoms with E-state index in [0.29, 0.717) is 38.6 Å². The predicted octanol–water partition coefficient (Wildman–Crippen LogP) is 5.96. The van der Waals surface area contributed by atoms with Crippen LogP contribution >= 0.6 is 34.7 Å². The van der Waals surface area contributed by atoms with Gasteiger partial charge in [-0.2, -0.15) is 0 Å². The summed E-state index contributed by atoms with van der Waals surface area (Å²) in [5, 5.41) is 4.49. The molecule has 0 aliphatic heterocycles. The molecule has 35 heavy (non-hydrogen) atoms. The van der Waals surface area contributed by atoms with Crippen LogP contribution in [0.5, 0.6) is 5.75 Å². The highest BCUT2D eigenvalue weighted by atomic mass is 35.5. The average Bonchev–Trinajstić information content (AvgIpc) is 3.22. The number of aryl methyl sites for hydroxylation is 1. The molecule has 1 aliphatic rings. The molecule has 1 atom stereocenters. The smallest absolute Gasteiger partial charge is 0.267 e. The first-order chi connectivity index (χ1) is 16.9. The minimum Gasteiger partial charge on any atom is -0.497 e. The average molecular weight is 526 g/mol. The fourth-order valence-electron chi connectivity index (χ4n) is 4.31.